The summed E-state index contributed by atoms with van der Waals surface area (Å²) in [5, 5.41) is 1.69. The van der Waals surface area contributed by atoms with E-state index in [-0.39, 0.29) is 16.3 Å². The van der Waals surface area contributed by atoms with E-state index in [0.717, 1.165) is 11.8 Å². The van der Waals surface area contributed by atoms with Gasteiger partial charge in [0.15, 0.2) is 11.5 Å². The van der Waals surface area contributed by atoms with Gasteiger partial charge in [-0.3, -0.25) is 0 Å². The van der Waals surface area contributed by atoms with Crippen LogP contribution in [0.15, 0.2) is 52.8 Å². The zero-order valence-corrected chi connectivity index (χ0v) is 16.0. The topological polar surface area (TPSA) is 70.0 Å². The van der Waals surface area contributed by atoms with Gasteiger partial charge >= 0.3 is 6.18 Å². The van der Waals surface area contributed by atoms with E-state index in [1.165, 1.54) is 26.6 Å². The number of alkyl halides is 3. The second-order valence-corrected chi connectivity index (χ2v) is 6.85. The number of halogens is 3. The molecule has 0 radical (unpaired) electrons. The summed E-state index contributed by atoms with van der Waals surface area (Å²) < 4.78 is 50.7. The predicted octanol–water partition coefficient (Wildman–Crippen LogP) is 4.76. The van der Waals surface area contributed by atoms with E-state index < -0.39 is 12.0 Å². The van der Waals surface area contributed by atoms with Crippen LogP contribution in [-0.4, -0.2) is 34.2 Å². The molecule has 0 fully saturated rings. The minimum Gasteiger partial charge on any atom is -0.493 e. The van der Waals surface area contributed by atoms with Gasteiger partial charge in [-0.1, -0.05) is 18.2 Å². The van der Waals surface area contributed by atoms with Crippen LogP contribution in [0.2, 0.25) is 0 Å². The number of fused-ring (bicyclic) bond motifs is 2. The fourth-order valence-electron chi connectivity index (χ4n) is 2.79. The number of methoxy groups -OCH3 is 2. The third-order valence-corrected chi connectivity index (χ3v) is 5.14. The van der Waals surface area contributed by atoms with Gasteiger partial charge in [-0.2, -0.15) is 13.2 Å². The lowest BCUT2D eigenvalue weighted by Crippen LogP contribution is -2.12. The van der Waals surface area contributed by atoms with Gasteiger partial charge in [-0.15, -0.1) is 0 Å². The quantitative estimate of drug-likeness (QED) is 0.443. The maximum Gasteiger partial charge on any atom is 0.451 e. The lowest BCUT2D eigenvalue weighted by atomic mass is 10.2. The lowest BCUT2D eigenvalue weighted by Gasteiger charge is -2.13. The van der Waals surface area contributed by atoms with Crippen molar-refractivity contribution in [1.82, 2.24) is 19.9 Å². The van der Waals surface area contributed by atoms with E-state index in [4.69, 9.17) is 9.47 Å². The molecule has 2 heterocycles. The van der Waals surface area contributed by atoms with Gasteiger partial charge < -0.3 is 9.47 Å². The molecule has 0 aliphatic rings. The molecule has 4 rings (SSSR count). The number of para-hydroxylation sites is 1. The molecular weight excluding hydrogens is 405 g/mol. The number of benzene rings is 2. The SMILES string of the molecule is COc1cc2nc(C(F)(F)F)nc(Sc3ncnc4ccccc34)c2cc1OC. The van der Waals surface area contributed by atoms with Crippen molar-refractivity contribution in [3.63, 3.8) is 0 Å². The molecule has 29 heavy (non-hydrogen) atoms. The Bertz CT molecular complexity index is 1210. The molecule has 0 saturated carbocycles. The van der Waals surface area contributed by atoms with Gasteiger partial charge in [0.05, 0.1) is 25.3 Å². The molecule has 6 nitrogen and oxygen atoms in total. The van der Waals surface area contributed by atoms with Crippen LogP contribution in [0.3, 0.4) is 0 Å². The monoisotopic (exact) mass is 418 g/mol. The van der Waals surface area contributed by atoms with Gasteiger partial charge in [0.1, 0.15) is 16.4 Å². The molecule has 0 aliphatic carbocycles. The van der Waals surface area contributed by atoms with Gasteiger partial charge in [-0.25, -0.2) is 19.9 Å². The Balaban J connectivity index is 1.95. The first-order valence-corrected chi connectivity index (χ1v) is 9.11. The molecular formula is C19H13F3N4O2S. The maximum absolute atomic E-state index is 13.4. The Morgan fingerprint density at radius 2 is 1.55 bits per heavy atom. The number of aromatic nitrogens is 4. The molecule has 148 valence electrons. The minimum absolute atomic E-state index is 0.0887. The van der Waals surface area contributed by atoms with Crippen LogP contribution < -0.4 is 9.47 Å². The molecule has 0 bridgehead atoms. The zero-order chi connectivity index (χ0) is 20.6. The maximum atomic E-state index is 13.4. The number of rotatable bonds is 4. The molecule has 4 aromatic rings. The summed E-state index contributed by atoms with van der Waals surface area (Å²) in [6.45, 7) is 0. The summed E-state index contributed by atoms with van der Waals surface area (Å²) in [6.07, 6.45) is -3.34. The van der Waals surface area contributed by atoms with E-state index in [1.54, 1.807) is 18.2 Å². The third-order valence-electron chi connectivity index (χ3n) is 4.12. The second kappa shape index (κ2) is 7.36. The average molecular weight is 418 g/mol. The minimum atomic E-state index is -4.70. The summed E-state index contributed by atoms with van der Waals surface area (Å²) in [7, 11) is 2.84. The van der Waals surface area contributed by atoms with Crippen molar-refractivity contribution in [2.24, 2.45) is 0 Å². The standard InChI is InChI=1S/C19H13F3N4O2S/c1-27-14-7-11-13(8-15(14)28-2)25-18(19(20,21)22)26-17(11)29-16-10-5-3-4-6-12(10)23-9-24-16/h3-9H,1-2H3. The fourth-order valence-corrected chi connectivity index (χ4v) is 3.76. The average Bonchev–Trinajstić information content (AvgIpc) is 2.72. The van der Waals surface area contributed by atoms with Crippen LogP contribution in [0.25, 0.3) is 21.8 Å². The molecule has 10 heteroatoms. The fraction of sp³-hybridized carbons (Fsp3) is 0.158. The van der Waals surface area contributed by atoms with E-state index in [1.807, 2.05) is 12.1 Å². The molecule has 0 spiro atoms. The normalized spacial score (nSPS) is 11.8. The highest BCUT2D eigenvalue weighted by atomic mass is 32.2. The van der Waals surface area contributed by atoms with Gasteiger partial charge in [-0.05, 0) is 23.9 Å². The van der Waals surface area contributed by atoms with Crippen LogP contribution in [0, 0.1) is 0 Å². The number of hydrogen-bond acceptors (Lipinski definition) is 7. The van der Waals surface area contributed by atoms with Crippen molar-refractivity contribution in [3.8, 4) is 11.5 Å². The summed E-state index contributed by atoms with van der Waals surface area (Å²) in [4.78, 5) is 15.9. The summed E-state index contributed by atoms with van der Waals surface area (Å²) >= 11 is 1.01. The molecule has 2 aromatic carbocycles. The number of hydrogen-bond donors (Lipinski definition) is 0. The van der Waals surface area contributed by atoms with Crippen LogP contribution in [0.4, 0.5) is 13.2 Å². The van der Waals surface area contributed by atoms with E-state index >= 15 is 0 Å². The van der Waals surface area contributed by atoms with Crippen molar-refractivity contribution in [2.75, 3.05) is 14.2 Å². The highest BCUT2D eigenvalue weighted by Crippen LogP contribution is 2.40. The Hall–Kier alpha value is -3.14. The summed E-state index contributed by atoms with van der Waals surface area (Å²) in [6, 6.07) is 10.2. The van der Waals surface area contributed by atoms with Crippen molar-refractivity contribution in [2.45, 2.75) is 16.2 Å². The van der Waals surface area contributed by atoms with Gasteiger partial charge in [0, 0.05) is 16.8 Å². The van der Waals surface area contributed by atoms with Crippen LogP contribution >= 0.6 is 11.8 Å². The van der Waals surface area contributed by atoms with Crippen molar-refractivity contribution in [3.05, 3.63) is 48.5 Å². The first-order valence-electron chi connectivity index (χ1n) is 8.29. The first kappa shape index (κ1) is 19.2. The van der Waals surface area contributed by atoms with E-state index in [9.17, 15) is 13.2 Å². The van der Waals surface area contributed by atoms with Crippen molar-refractivity contribution < 1.29 is 22.6 Å². The largest absolute Gasteiger partial charge is 0.493 e. The Morgan fingerprint density at radius 3 is 2.28 bits per heavy atom. The van der Waals surface area contributed by atoms with Crippen LogP contribution in [-0.2, 0) is 6.18 Å². The molecule has 2 aromatic heterocycles. The lowest BCUT2D eigenvalue weighted by molar-refractivity contribution is -0.145. The summed E-state index contributed by atoms with van der Waals surface area (Å²) in [5.41, 5.74) is 0.768. The highest BCUT2D eigenvalue weighted by Gasteiger charge is 2.36. The Kier molecular flexibility index (Phi) is 4.87. The van der Waals surface area contributed by atoms with Crippen molar-refractivity contribution >= 4 is 33.6 Å². The molecule has 0 atom stereocenters. The molecule has 0 aliphatic heterocycles. The van der Waals surface area contributed by atoms with Crippen LogP contribution in [0.5, 0.6) is 11.5 Å². The molecule has 0 amide bonds. The van der Waals surface area contributed by atoms with E-state index in [2.05, 4.69) is 19.9 Å². The predicted molar refractivity (Wildman–Crippen MR) is 101 cm³/mol. The first-order chi connectivity index (χ1) is 13.9. The second-order valence-electron chi connectivity index (χ2n) is 5.87. The van der Waals surface area contributed by atoms with Gasteiger partial charge in [0.25, 0.3) is 0 Å². The highest BCUT2D eigenvalue weighted by molar-refractivity contribution is 7.99. The summed E-state index contributed by atoms with van der Waals surface area (Å²) in [5.74, 6) is -0.605. The molecule has 0 N–H and O–H groups in total. The Morgan fingerprint density at radius 1 is 0.828 bits per heavy atom. The molecule has 0 saturated heterocycles. The van der Waals surface area contributed by atoms with Gasteiger partial charge in [0.2, 0.25) is 5.82 Å². The Labute approximate surface area is 167 Å². The zero-order valence-electron chi connectivity index (χ0n) is 15.2. The third kappa shape index (κ3) is 3.63. The number of ether oxygens (including phenoxy) is 2. The number of nitrogens with zero attached hydrogens (tertiary/aromatic N) is 4. The van der Waals surface area contributed by atoms with Crippen molar-refractivity contribution in [1.29, 1.82) is 0 Å². The van der Waals surface area contributed by atoms with Crippen LogP contribution in [0.1, 0.15) is 5.82 Å². The molecule has 0 unspecified atom stereocenters. The van der Waals surface area contributed by atoms with E-state index in [0.29, 0.717) is 27.1 Å². The smallest absolute Gasteiger partial charge is 0.451 e.